The Morgan fingerprint density at radius 1 is 1.00 bits per heavy atom. The molecule has 150 valence electrons. The van der Waals surface area contributed by atoms with Crippen molar-refractivity contribution in [2.45, 2.75) is 70.0 Å². The summed E-state index contributed by atoms with van der Waals surface area (Å²) in [5, 5.41) is 29.7. The van der Waals surface area contributed by atoms with Gasteiger partial charge in [-0.3, -0.25) is 0 Å². The van der Waals surface area contributed by atoms with E-state index in [9.17, 15) is 15.3 Å². The van der Waals surface area contributed by atoms with E-state index in [0.717, 1.165) is 24.9 Å². The summed E-state index contributed by atoms with van der Waals surface area (Å²) >= 11 is 0. The van der Waals surface area contributed by atoms with Crippen LogP contribution < -0.4 is 5.19 Å². The van der Waals surface area contributed by atoms with Crippen molar-refractivity contribution in [3.05, 3.63) is 30.3 Å². The number of hydrogen-bond acceptors (Lipinski definition) is 5. The summed E-state index contributed by atoms with van der Waals surface area (Å²) < 4.78 is 12.7. The molecule has 1 rings (SSSR count). The van der Waals surface area contributed by atoms with E-state index in [4.69, 9.17) is 8.54 Å². The predicted molar refractivity (Wildman–Crippen MR) is 110 cm³/mol. The largest absolute Gasteiger partial charge is 0.432 e. The minimum atomic E-state index is -2.45. The van der Waals surface area contributed by atoms with Gasteiger partial charge in [-0.05, 0) is 50.1 Å². The summed E-state index contributed by atoms with van der Waals surface area (Å²) in [5.74, 6) is 0. The second-order valence-electron chi connectivity index (χ2n) is 7.47. The normalized spacial score (nSPS) is 16.9. The highest BCUT2D eigenvalue weighted by Gasteiger charge is 2.42. The van der Waals surface area contributed by atoms with Crippen LogP contribution >= 0.6 is 0 Å². The topological polar surface area (TPSA) is 79.2 Å². The van der Waals surface area contributed by atoms with E-state index < -0.39 is 29.1 Å². The Morgan fingerprint density at radius 3 is 2.15 bits per heavy atom. The van der Waals surface area contributed by atoms with Gasteiger partial charge in [0.1, 0.15) is 0 Å². The molecule has 3 atom stereocenters. The number of hydrogen-bond donors (Lipinski definition) is 3. The minimum absolute atomic E-state index is 0.134. The van der Waals surface area contributed by atoms with E-state index >= 15 is 0 Å². The zero-order valence-electron chi connectivity index (χ0n) is 16.6. The van der Waals surface area contributed by atoms with Crippen molar-refractivity contribution in [2.24, 2.45) is 0 Å². The van der Waals surface area contributed by atoms with Crippen LogP contribution in [0, 0.1) is 0 Å². The number of aliphatic hydroxyl groups is 3. The van der Waals surface area contributed by atoms with Crippen LogP contribution in [0.5, 0.6) is 0 Å². The molecule has 0 fully saturated rings. The molecule has 0 heterocycles. The molecule has 26 heavy (non-hydrogen) atoms. The zero-order valence-corrected chi connectivity index (χ0v) is 18.6. The van der Waals surface area contributed by atoms with Crippen LogP contribution in [0.3, 0.4) is 0 Å². The van der Waals surface area contributed by atoms with Crippen molar-refractivity contribution in [3.63, 3.8) is 0 Å². The predicted octanol–water partition coefficient (Wildman–Crippen LogP) is 2.50. The average molecular weight is 401 g/mol. The van der Waals surface area contributed by atoms with Crippen LogP contribution in [0.15, 0.2) is 30.3 Å². The van der Waals surface area contributed by atoms with Gasteiger partial charge in [-0.15, -0.1) is 0 Å². The molecule has 0 amide bonds. The first kappa shape index (κ1) is 23.5. The highest BCUT2D eigenvalue weighted by Crippen LogP contribution is 2.27. The molecule has 3 unspecified atom stereocenters. The molecule has 0 saturated carbocycles. The third-order valence-electron chi connectivity index (χ3n) is 4.86. The van der Waals surface area contributed by atoms with E-state index in [1.807, 2.05) is 18.2 Å². The number of unbranched alkanes of at least 4 members (excludes halogenated alkanes) is 1. The molecule has 0 bridgehead atoms. The quantitative estimate of drug-likeness (QED) is 0.350. The molecule has 0 radical (unpaired) electrons. The number of aliphatic hydroxyl groups excluding tert-OH is 3. The molecule has 0 aromatic heterocycles. The lowest BCUT2D eigenvalue weighted by Gasteiger charge is -2.37. The van der Waals surface area contributed by atoms with Crippen molar-refractivity contribution in [2.75, 3.05) is 13.7 Å². The van der Waals surface area contributed by atoms with E-state index in [2.05, 4.69) is 25.2 Å². The van der Waals surface area contributed by atoms with Crippen LogP contribution in [0.4, 0.5) is 0 Å². The van der Waals surface area contributed by atoms with E-state index in [1.54, 1.807) is 14.0 Å². The molecule has 0 saturated heterocycles. The molecule has 1 aromatic rings. The van der Waals surface area contributed by atoms with Crippen LogP contribution in [-0.2, 0) is 8.54 Å². The molecule has 1 aromatic carbocycles. The maximum atomic E-state index is 9.76. The zero-order chi connectivity index (χ0) is 19.6. The van der Waals surface area contributed by atoms with Crippen molar-refractivity contribution >= 4 is 22.1 Å². The summed E-state index contributed by atoms with van der Waals surface area (Å²) in [6.07, 6.45) is 1.58. The van der Waals surface area contributed by atoms with E-state index in [-0.39, 0.29) is 6.61 Å². The Balaban J connectivity index is 2.78. The SMILES string of the molecule is CO[Si](CCCO)(CCCCC(O)C(C)O)O[Si](C)(C)c1ccccc1. The van der Waals surface area contributed by atoms with Gasteiger partial charge in [0.05, 0.1) is 12.2 Å². The molecule has 0 spiro atoms. The lowest BCUT2D eigenvalue weighted by molar-refractivity contribution is 0.0249. The Bertz CT molecular complexity index is 498. The van der Waals surface area contributed by atoms with Crippen LogP contribution in [0.1, 0.15) is 32.6 Å². The highest BCUT2D eigenvalue weighted by molar-refractivity contribution is 6.91. The fraction of sp³-hybridized carbons (Fsp3) is 0.684. The number of benzene rings is 1. The van der Waals surface area contributed by atoms with Crippen LogP contribution in [-0.4, -0.2) is 58.1 Å². The fourth-order valence-electron chi connectivity index (χ4n) is 3.17. The van der Waals surface area contributed by atoms with Crippen molar-refractivity contribution in [1.82, 2.24) is 0 Å². The first-order valence-electron chi connectivity index (χ1n) is 9.54. The van der Waals surface area contributed by atoms with Crippen LogP contribution in [0.25, 0.3) is 0 Å². The average Bonchev–Trinajstić information content (AvgIpc) is 2.63. The summed E-state index contributed by atoms with van der Waals surface area (Å²) in [6.45, 7) is 6.13. The monoisotopic (exact) mass is 400 g/mol. The van der Waals surface area contributed by atoms with Gasteiger partial charge in [0, 0.05) is 13.7 Å². The van der Waals surface area contributed by atoms with Gasteiger partial charge in [-0.25, -0.2) is 0 Å². The second-order valence-corrected chi connectivity index (χ2v) is 15.1. The molecule has 0 aliphatic heterocycles. The smallest absolute Gasteiger partial charge is 0.327 e. The standard InChI is InChI=1S/C19H36O5Si2/c1-17(21)19(22)13-8-9-15-26(23-2,16-10-14-20)24-25(3,4)18-11-6-5-7-12-18/h5-7,11-12,17,19-22H,8-10,13-16H2,1-4H3. The van der Waals surface area contributed by atoms with E-state index in [0.29, 0.717) is 12.8 Å². The van der Waals surface area contributed by atoms with Crippen molar-refractivity contribution in [1.29, 1.82) is 0 Å². The number of rotatable bonds is 13. The molecule has 7 heteroatoms. The van der Waals surface area contributed by atoms with Gasteiger partial charge in [-0.1, -0.05) is 43.2 Å². The maximum absolute atomic E-state index is 9.76. The third-order valence-corrected chi connectivity index (χ3v) is 13.1. The van der Waals surface area contributed by atoms with Gasteiger partial charge < -0.3 is 23.9 Å². The summed E-state index contributed by atoms with van der Waals surface area (Å²) in [5.41, 5.74) is 0. The molecule has 0 aliphatic carbocycles. The molecule has 3 N–H and O–H groups in total. The summed E-state index contributed by atoms with van der Waals surface area (Å²) in [6, 6.07) is 11.9. The van der Waals surface area contributed by atoms with E-state index in [1.165, 1.54) is 5.19 Å². The van der Waals surface area contributed by atoms with Crippen LogP contribution in [0.2, 0.25) is 25.2 Å². The Hall–Kier alpha value is -0.546. The first-order valence-corrected chi connectivity index (χ1v) is 14.7. The lowest BCUT2D eigenvalue weighted by Crippen LogP contribution is -2.56. The van der Waals surface area contributed by atoms with Gasteiger partial charge in [0.25, 0.3) is 0 Å². The van der Waals surface area contributed by atoms with Crippen molar-refractivity contribution < 1.29 is 23.9 Å². The Kier molecular flexibility index (Phi) is 10.2. The Morgan fingerprint density at radius 2 is 1.62 bits per heavy atom. The summed E-state index contributed by atoms with van der Waals surface area (Å²) in [7, 11) is -2.84. The third kappa shape index (κ3) is 7.60. The second kappa shape index (κ2) is 11.3. The molecule has 5 nitrogen and oxygen atoms in total. The van der Waals surface area contributed by atoms with Gasteiger partial charge in [0.15, 0.2) is 0 Å². The van der Waals surface area contributed by atoms with Gasteiger partial charge in [-0.2, -0.15) is 0 Å². The van der Waals surface area contributed by atoms with Crippen molar-refractivity contribution in [3.8, 4) is 0 Å². The fourth-order valence-corrected chi connectivity index (χ4v) is 11.7. The molecule has 0 aliphatic rings. The maximum Gasteiger partial charge on any atom is 0.327 e. The first-order chi connectivity index (χ1) is 12.3. The Labute approximate surface area is 160 Å². The van der Waals surface area contributed by atoms with Gasteiger partial charge in [0.2, 0.25) is 8.32 Å². The van der Waals surface area contributed by atoms with Gasteiger partial charge >= 0.3 is 8.56 Å². The minimum Gasteiger partial charge on any atom is -0.432 e. The molecular formula is C19H36O5Si2. The molecular weight excluding hydrogens is 364 g/mol. The highest BCUT2D eigenvalue weighted by atomic mass is 28.4. The lowest BCUT2D eigenvalue weighted by atomic mass is 10.1. The summed E-state index contributed by atoms with van der Waals surface area (Å²) in [4.78, 5) is 0.